The second-order valence-corrected chi connectivity index (χ2v) is 8.75. The Bertz CT molecular complexity index is 1030. The Morgan fingerprint density at radius 1 is 1.26 bits per heavy atom. The number of nitrogens with zero attached hydrogens (tertiary/aromatic N) is 5. The van der Waals surface area contributed by atoms with Crippen LogP contribution in [0.2, 0.25) is 5.02 Å². The minimum atomic E-state index is -0.145. The number of anilines is 2. The number of nitrogens with one attached hydrogen (secondary N) is 1. The van der Waals surface area contributed by atoms with Crippen molar-refractivity contribution in [1.29, 1.82) is 0 Å². The highest BCUT2D eigenvalue weighted by Crippen LogP contribution is 2.23. The number of hydrogen-bond donors (Lipinski definition) is 1. The smallest absolute Gasteiger partial charge is 0.234 e. The summed E-state index contributed by atoms with van der Waals surface area (Å²) < 4.78 is 7.56. The van der Waals surface area contributed by atoms with Gasteiger partial charge in [0.15, 0.2) is 5.16 Å². The van der Waals surface area contributed by atoms with Crippen LogP contribution in [-0.4, -0.2) is 56.7 Å². The summed E-state index contributed by atoms with van der Waals surface area (Å²) in [6.45, 7) is 5.71. The van der Waals surface area contributed by atoms with Crippen LogP contribution in [0.3, 0.4) is 0 Å². The molecule has 1 N–H and O–H groups in total. The van der Waals surface area contributed by atoms with Gasteiger partial charge in [0, 0.05) is 18.1 Å². The number of ether oxygens (including phenoxy) is 1. The van der Waals surface area contributed by atoms with E-state index in [-0.39, 0.29) is 23.9 Å². The molecule has 0 aliphatic carbocycles. The quantitative estimate of drug-likeness (QED) is 0.564. The van der Waals surface area contributed by atoms with E-state index in [1.807, 2.05) is 30.3 Å². The first kappa shape index (κ1) is 21.6. The fourth-order valence-electron chi connectivity index (χ4n) is 3.47. The summed E-state index contributed by atoms with van der Waals surface area (Å²) in [6.07, 6.45) is 3.60. The average molecular weight is 459 g/mol. The summed E-state index contributed by atoms with van der Waals surface area (Å²) in [5.74, 6) is 0.928. The van der Waals surface area contributed by atoms with Crippen LogP contribution >= 0.6 is 23.4 Å². The summed E-state index contributed by atoms with van der Waals surface area (Å²) in [6, 6.07) is 11.2. The number of pyridine rings is 1. The zero-order chi connectivity index (χ0) is 21.8. The third-order valence-corrected chi connectivity index (χ3v) is 5.89. The van der Waals surface area contributed by atoms with Gasteiger partial charge in [-0.1, -0.05) is 29.4 Å². The van der Waals surface area contributed by atoms with Crippen LogP contribution < -0.4 is 10.2 Å². The topological polar surface area (TPSA) is 85.2 Å². The molecule has 162 valence electrons. The third-order valence-electron chi connectivity index (χ3n) is 4.71. The monoisotopic (exact) mass is 458 g/mol. The number of thioether (sulfide) groups is 1. The van der Waals surface area contributed by atoms with Crippen molar-refractivity contribution in [3.05, 3.63) is 53.9 Å². The lowest BCUT2D eigenvalue weighted by atomic mass is 10.2. The van der Waals surface area contributed by atoms with Crippen molar-refractivity contribution in [2.75, 3.05) is 29.1 Å². The molecular weight excluding hydrogens is 436 g/mol. The highest BCUT2D eigenvalue weighted by atomic mass is 35.5. The van der Waals surface area contributed by atoms with E-state index < -0.39 is 0 Å². The molecule has 0 spiro atoms. The highest BCUT2D eigenvalue weighted by Gasteiger charge is 2.23. The molecule has 1 aliphatic rings. The van der Waals surface area contributed by atoms with Gasteiger partial charge in [0.1, 0.15) is 12.1 Å². The Hall–Kier alpha value is -2.62. The van der Waals surface area contributed by atoms with Crippen molar-refractivity contribution in [3.63, 3.8) is 0 Å². The molecule has 4 rings (SSSR count). The molecule has 1 aliphatic heterocycles. The summed E-state index contributed by atoms with van der Waals surface area (Å²) in [5.41, 5.74) is 1.49. The summed E-state index contributed by atoms with van der Waals surface area (Å²) in [7, 11) is 0. The molecule has 1 amide bonds. The van der Waals surface area contributed by atoms with Gasteiger partial charge < -0.3 is 15.0 Å². The van der Waals surface area contributed by atoms with Gasteiger partial charge in [-0.05, 0) is 44.2 Å². The van der Waals surface area contributed by atoms with Crippen molar-refractivity contribution in [1.82, 2.24) is 19.7 Å². The van der Waals surface area contributed by atoms with E-state index in [1.54, 1.807) is 23.2 Å². The first-order valence-electron chi connectivity index (χ1n) is 9.93. The van der Waals surface area contributed by atoms with E-state index in [0.717, 1.165) is 24.6 Å². The molecule has 2 unspecified atom stereocenters. The lowest BCUT2D eigenvalue weighted by Gasteiger charge is -2.36. The average Bonchev–Trinajstić information content (AvgIpc) is 3.21. The van der Waals surface area contributed by atoms with Crippen molar-refractivity contribution in [2.45, 2.75) is 31.2 Å². The van der Waals surface area contributed by atoms with Crippen molar-refractivity contribution in [3.8, 4) is 5.69 Å². The number of halogens is 1. The molecule has 31 heavy (non-hydrogen) atoms. The second-order valence-electron chi connectivity index (χ2n) is 7.37. The minimum absolute atomic E-state index is 0.145. The summed E-state index contributed by atoms with van der Waals surface area (Å²) in [5, 5.41) is 12.2. The number of amides is 1. The number of morpholine rings is 1. The number of carbonyl (C=O) groups is 1. The number of hydrogen-bond acceptors (Lipinski definition) is 7. The van der Waals surface area contributed by atoms with E-state index in [4.69, 9.17) is 16.3 Å². The zero-order valence-electron chi connectivity index (χ0n) is 17.2. The second kappa shape index (κ2) is 9.67. The highest BCUT2D eigenvalue weighted by molar-refractivity contribution is 7.99. The van der Waals surface area contributed by atoms with E-state index in [0.29, 0.717) is 15.9 Å². The van der Waals surface area contributed by atoms with Gasteiger partial charge in [0.05, 0.1) is 35.5 Å². The van der Waals surface area contributed by atoms with Crippen LogP contribution in [0.1, 0.15) is 13.8 Å². The lowest BCUT2D eigenvalue weighted by molar-refractivity contribution is -0.113. The fourth-order valence-corrected chi connectivity index (χ4v) is 4.38. The molecule has 8 nitrogen and oxygen atoms in total. The number of aromatic nitrogens is 4. The Balaban J connectivity index is 1.33. The minimum Gasteiger partial charge on any atom is -0.372 e. The van der Waals surface area contributed by atoms with Crippen molar-refractivity contribution in [2.24, 2.45) is 0 Å². The van der Waals surface area contributed by atoms with Gasteiger partial charge in [-0.25, -0.2) is 4.98 Å². The van der Waals surface area contributed by atoms with Gasteiger partial charge in [-0.3, -0.25) is 9.36 Å². The molecule has 3 aromatic rings. The Kier molecular flexibility index (Phi) is 6.74. The van der Waals surface area contributed by atoms with Gasteiger partial charge in [-0.15, -0.1) is 10.2 Å². The maximum absolute atomic E-state index is 12.4. The van der Waals surface area contributed by atoms with Crippen LogP contribution in [-0.2, 0) is 9.53 Å². The van der Waals surface area contributed by atoms with Crippen LogP contribution in [0.15, 0.2) is 54.1 Å². The molecule has 2 atom stereocenters. The predicted octanol–water partition coefficient (Wildman–Crippen LogP) is 3.66. The molecule has 2 aromatic heterocycles. The first-order valence-corrected chi connectivity index (χ1v) is 11.3. The van der Waals surface area contributed by atoms with Gasteiger partial charge in [0.2, 0.25) is 5.91 Å². The molecular formula is C21H23ClN6O2S. The van der Waals surface area contributed by atoms with Crippen molar-refractivity contribution >= 4 is 40.8 Å². The van der Waals surface area contributed by atoms with Crippen LogP contribution in [0, 0.1) is 0 Å². The molecule has 0 bridgehead atoms. The summed E-state index contributed by atoms with van der Waals surface area (Å²) >= 11 is 7.37. The normalized spacial score (nSPS) is 18.7. The third kappa shape index (κ3) is 5.55. The predicted molar refractivity (Wildman–Crippen MR) is 122 cm³/mol. The van der Waals surface area contributed by atoms with Crippen LogP contribution in [0.4, 0.5) is 11.5 Å². The maximum Gasteiger partial charge on any atom is 0.234 e. The van der Waals surface area contributed by atoms with E-state index in [9.17, 15) is 4.79 Å². The molecule has 1 fully saturated rings. The van der Waals surface area contributed by atoms with Crippen LogP contribution in [0.5, 0.6) is 0 Å². The Labute approximate surface area is 190 Å². The molecule has 1 saturated heterocycles. The fraction of sp³-hybridized carbons (Fsp3) is 0.333. The SMILES string of the molecule is CC1CN(c2ccc(NC(=O)CSc3nncn3-c3cccc(Cl)c3)cn2)CC(C)O1. The summed E-state index contributed by atoms with van der Waals surface area (Å²) in [4.78, 5) is 19.1. The lowest BCUT2D eigenvalue weighted by Crippen LogP contribution is -2.45. The van der Waals surface area contributed by atoms with Crippen molar-refractivity contribution < 1.29 is 9.53 Å². The molecule has 0 radical (unpaired) electrons. The largest absolute Gasteiger partial charge is 0.372 e. The van der Waals surface area contributed by atoms with Gasteiger partial charge in [-0.2, -0.15) is 0 Å². The number of carbonyl (C=O) groups excluding carboxylic acids is 1. The Morgan fingerprint density at radius 3 is 2.77 bits per heavy atom. The maximum atomic E-state index is 12.4. The van der Waals surface area contributed by atoms with E-state index in [1.165, 1.54) is 11.8 Å². The molecule has 3 heterocycles. The number of benzene rings is 1. The van der Waals surface area contributed by atoms with Crippen LogP contribution in [0.25, 0.3) is 5.69 Å². The number of rotatable bonds is 6. The standard InChI is InChI=1S/C21H23ClN6O2S/c1-14-10-27(11-15(2)30-14)19-7-6-17(9-23-19)25-20(29)12-31-21-26-24-13-28(21)18-5-3-4-16(22)8-18/h3-9,13-15H,10-12H2,1-2H3,(H,25,29). The zero-order valence-corrected chi connectivity index (χ0v) is 18.8. The molecule has 1 aromatic carbocycles. The van der Waals surface area contributed by atoms with E-state index >= 15 is 0 Å². The first-order chi connectivity index (χ1) is 15.0. The van der Waals surface area contributed by atoms with E-state index in [2.05, 4.69) is 39.2 Å². The molecule has 0 saturated carbocycles. The van der Waals surface area contributed by atoms with Gasteiger partial charge in [0.25, 0.3) is 0 Å². The molecule has 10 heteroatoms. The Morgan fingerprint density at radius 2 is 2.06 bits per heavy atom. The van der Waals surface area contributed by atoms with Gasteiger partial charge >= 0.3 is 0 Å².